The van der Waals surface area contributed by atoms with Crippen LogP contribution in [0, 0.1) is 0 Å². The molecular formula is C35H34NOPS. The van der Waals surface area contributed by atoms with Crippen LogP contribution in [-0.4, -0.2) is 8.96 Å². The molecule has 0 amide bonds. The maximum atomic E-state index is 13.5. The zero-order chi connectivity index (χ0) is 27.2. The van der Waals surface area contributed by atoms with E-state index in [-0.39, 0.29) is 6.04 Å². The average molecular weight is 548 g/mol. The van der Waals surface area contributed by atoms with Crippen LogP contribution in [0.5, 0.6) is 0 Å². The molecule has 0 spiro atoms. The van der Waals surface area contributed by atoms with Gasteiger partial charge in [0, 0.05) is 0 Å². The summed E-state index contributed by atoms with van der Waals surface area (Å²) in [4.78, 5) is 0. The van der Waals surface area contributed by atoms with Crippen molar-refractivity contribution in [1.82, 2.24) is 4.72 Å². The molecule has 0 bridgehead atoms. The molecule has 5 aromatic carbocycles. The third kappa shape index (κ3) is 6.45. The van der Waals surface area contributed by atoms with Crippen molar-refractivity contribution in [3.8, 4) is 11.1 Å². The molecule has 0 aliphatic heterocycles. The fourth-order valence-electron chi connectivity index (χ4n) is 4.61. The lowest BCUT2D eigenvalue weighted by atomic mass is 9.97. The first-order chi connectivity index (χ1) is 18.9. The van der Waals surface area contributed by atoms with Gasteiger partial charge in [-0.2, -0.15) is 0 Å². The van der Waals surface area contributed by atoms with E-state index >= 15 is 0 Å². The molecule has 0 aromatic heterocycles. The Morgan fingerprint density at radius 1 is 0.590 bits per heavy atom. The van der Waals surface area contributed by atoms with Crippen LogP contribution in [0.15, 0.2) is 140 Å². The second kappa shape index (κ2) is 12.2. The van der Waals surface area contributed by atoms with E-state index in [2.05, 4.69) is 138 Å². The topological polar surface area (TPSA) is 29.1 Å². The summed E-state index contributed by atoms with van der Waals surface area (Å²) in [7, 11) is -2.09. The van der Waals surface area contributed by atoms with Crippen molar-refractivity contribution < 1.29 is 4.21 Å². The molecule has 0 saturated carbocycles. The van der Waals surface area contributed by atoms with Crippen molar-refractivity contribution in [1.29, 1.82) is 0 Å². The minimum Gasteiger partial charge on any atom is -0.242 e. The summed E-state index contributed by atoms with van der Waals surface area (Å²) in [5.41, 5.74) is 4.60. The van der Waals surface area contributed by atoms with Gasteiger partial charge in [0.25, 0.3) is 0 Å². The van der Waals surface area contributed by atoms with E-state index in [1.165, 1.54) is 27.0 Å². The smallest absolute Gasteiger partial charge is 0.0979 e. The highest BCUT2D eigenvalue weighted by atomic mass is 32.2. The minimum atomic E-state index is -1.26. The van der Waals surface area contributed by atoms with Crippen LogP contribution < -0.4 is 20.6 Å². The van der Waals surface area contributed by atoms with Crippen LogP contribution in [0.25, 0.3) is 11.1 Å². The van der Waals surface area contributed by atoms with Crippen LogP contribution in [0.3, 0.4) is 0 Å². The number of rotatable bonds is 8. The van der Waals surface area contributed by atoms with E-state index in [0.29, 0.717) is 0 Å². The van der Waals surface area contributed by atoms with Crippen molar-refractivity contribution >= 4 is 34.8 Å². The molecule has 39 heavy (non-hydrogen) atoms. The van der Waals surface area contributed by atoms with Crippen molar-refractivity contribution in [2.45, 2.75) is 31.6 Å². The molecule has 0 heterocycles. The summed E-state index contributed by atoms with van der Waals surface area (Å²) in [6.07, 6.45) is 0. The predicted molar refractivity (Wildman–Crippen MR) is 170 cm³/mol. The molecule has 196 valence electrons. The molecule has 1 unspecified atom stereocenters. The van der Waals surface area contributed by atoms with Gasteiger partial charge in [-0.1, -0.05) is 140 Å². The van der Waals surface area contributed by atoms with Crippen molar-refractivity contribution in [2.24, 2.45) is 0 Å². The Hall–Kier alpha value is -3.36. The molecule has 1 N–H and O–H groups in total. The maximum Gasteiger partial charge on any atom is 0.0979 e. The van der Waals surface area contributed by atoms with Crippen molar-refractivity contribution in [2.75, 3.05) is 0 Å². The van der Waals surface area contributed by atoms with Gasteiger partial charge in [-0.3, -0.25) is 0 Å². The van der Waals surface area contributed by atoms with Gasteiger partial charge in [-0.15, -0.1) is 0 Å². The van der Waals surface area contributed by atoms with Gasteiger partial charge in [0.2, 0.25) is 0 Å². The molecule has 0 fully saturated rings. The summed E-state index contributed by atoms with van der Waals surface area (Å²) in [5, 5.41) is 3.85. The van der Waals surface area contributed by atoms with Crippen LogP contribution in [0.1, 0.15) is 37.9 Å². The number of hydrogen-bond acceptors (Lipinski definition) is 1. The van der Waals surface area contributed by atoms with E-state index in [4.69, 9.17) is 0 Å². The largest absolute Gasteiger partial charge is 0.242 e. The first kappa shape index (κ1) is 27.2. The predicted octanol–water partition coefficient (Wildman–Crippen LogP) is 7.25. The van der Waals surface area contributed by atoms with Gasteiger partial charge in [0.15, 0.2) is 0 Å². The highest BCUT2D eigenvalue weighted by Crippen LogP contribution is 2.37. The molecule has 0 aliphatic carbocycles. The fourth-order valence-corrected chi connectivity index (χ4v) is 7.93. The van der Waals surface area contributed by atoms with Gasteiger partial charge in [-0.05, 0) is 66.9 Å². The second-order valence-corrected chi connectivity index (χ2v) is 14.7. The van der Waals surface area contributed by atoms with E-state index in [1.54, 1.807) is 0 Å². The molecule has 2 nitrogen and oxygen atoms in total. The first-order valence-corrected chi connectivity index (χ1v) is 15.7. The Balaban J connectivity index is 1.64. The lowest BCUT2D eigenvalue weighted by Crippen LogP contribution is -2.38. The fraction of sp³-hybridized carbons (Fsp3) is 0.143. The number of benzene rings is 5. The summed E-state index contributed by atoms with van der Waals surface area (Å²) in [6.45, 7) is 6.04. The number of hydrogen-bond donors (Lipinski definition) is 1. The maximum absolute atomic E-state index is 13.5. The van der Waals surface area contributed by atoms with Crippen LogP contribution >= 0.6 is 7.92 Å². The molecule has 5 rings (SSSR count). The number of nitrogens with one attached hydrogen (secondary N) is 1. The van der Waals surface area contributed by atoms with Crippen molar-refractivity contribution in [3.63, 3.8) is 0 Å². The van der Waals surface area contributed by atoms with Gasteiger partial charge in [0.05, 0.1) is 21.8 Å². The Morgan fingerprint density at radius 3 is 1.59 bits per heavy atom. The average Bonchev–Trinajstić information content (AvgIpc) is 2.97. The van der Waals surface area contributed by atoms with Crippen LogP contribution in [0.2, 0.25) is 0 Å². The zero-order valence-corrected chi connectivity index (χ0v) is 24.3. The standard InChI is InChI=1S/C35H34NOPS/c1-35(2,3)39(37)36-34(29-25-23-28(24-26-29)27-15-7-4-8-16-27)32-21-13-14-22-33(32)38(30-17-9-5-10-18-30)31-19-11-6-12-20-31/h4-26,34,36H,1-3H3/t34?,39-/m1/s1. The third-order valence-corrected chi connectivity index (χ3v) is 10.7. The Kier molecular flexibility index (Phi) is 8.53. The molecule has 5 aromatic rings. The van der Waals surface area contributed by atoms with Gasteiger partial charge in [0.1, 0.15) is 0 Å². The third-order valence-electron chi connectivity index (χ3n) is 6.65. The normalized spacial score (nSPS) is 13.2. The van der Waals surface area contributed by atoms with Gasteiger partial charge < -0.3 is 0 Å². The van der Waals surface area contributed by atoms with E-state index < -0.39 is 23.7 Å². The Morgan fingerprint density at radius 2 is 1.05 bits per heavy atom. The monoisotopic (exact) mass is 547 g/mol. The molecular weight excluding hydrogens is 513 g/mol. The molecule has 4 heteroatoms. The molecule has 0 radical (unpaired) electrons. The summed E-state index contributed by atoms with van der Waals surface area (Å²) < 4.78 is 16.7. The molecule has 0 saturated heterocycles. The summed E-state index contributed by atoms with van der Waals surface area (Å²) in [5.74, 6) is 0. The highest BCUT2D eigenvalue weighted by Gasteiger charge is 2.28. The summed E-state index contributed by atoms with van der Waals surface area (Å²) >= 11 is 0. The minimum absolute atomic E-state index is 0.233. The Bertz CT molecular complexity index is 1480. The van der Waals surface area contributed by atoms with Crippen LogP contribution in [0.4, 0.5) is 0 Å². The van der Waals surface area contributed by atoms with E-state index in [1.807, 2.05) is 26.8 Å². The first-order valence-electron chi connectivity index (χ1n) is 13.2. The Labute approximate surface area is 236 Å². The van der Waals surface area contributed by atoms with E-state index in [9.17, 15) is 4.21 Å². The lowest BCUT2D eigenvalue weighted by Gasteiger charge is -2.29. The van der Waals surface area contributed by atoms with Gasteiger partial charge in [-0.25, -0.2) is 8.93 Å². The van der Waals surface area contributed by atoms with E-state index in [0.717, 1.165) is 11.1 Å². The quantitative estimate of drug-likeness (QED) is 0.204. The van der Waals surface area contributed by atoms with Crippen LogP contribution in [-0.2, 0) is 11.0 Å². The summed E-state index contributed by atoms with van der Waals surface area (Å²) in [6, 6.07) is 49.0. The SMILES string of the molecule is CC(C)(C)[S@@](=O)NC(c1ccc(-c2ccccc2)cc1)c1ccccc1P(c1ccccc1)c1ccccc1. The highest BCUT2D eigenvalue weighted by molar-refractivity contribution is 7.84. The van der Waals surface area contributed by atoms with Crippen molar-refractivity contribution in [3.05, 3.63) is 151 Å². The molecule has 0 aliphatic rings. The molecule has 2 atom stereocenters. The second-order valence-electron chi connectivity index (χ2n) is 10.5. The lowest BCUT2D eigenvalue weighted by molar-refractivity contribution is 0.624. The van der Waals surface area contributed by atoms with Gasteiger partial charge >= 0.3 is 0 Å². The zero-order valence-electron chi connectivity index (χ0n) is 22.6.